The average Bonchev–Trinajstić information content (AvgIpc) is 2.71. The summed E-state index contributed by atoms with van der Waals surface area (Å²) in [5.41, 5.74) is 4.86. The number of ether oxygens (including phenoxy) is 1. The van der Waals surface area contributed by atoms with Gasteiger partial charge in [-0.05, 0) is 48.7 Å². The van der Waals surface area contributed by atoms with E-state index in [1.807, 2.05) is 0 Å². The maximum Gasteiger partial charge on any atom is 0.269 e. The summed E-state index contributed by atoms with van der Waals surface area (Å²) < 4.78 is 29.9. The quantitative estimate of drug-likeness (QED) is 0.610. The van der Waals surface area contributed by atoms with E-state index in [1.54, 1.807) is 42.5 Å². The summed E-state index contributed by atoms with van der Waals surface area (Å²) >= 11 is 0. The van der Waals surface area contributed by atoms with Crippen molar-refractivity contribution < 1.29 is 22.7 Å². The molecular weight excluding hydrogens is 392 g/mol. The van der Waals surface area contributed by atoms with Crippen molar-refractivity contribution in [2.75, 3.05) is 12.4 Å². The van der Waals surface area contributed by atoms with E-state index in [9.17, 15) is 18.0 Å². The van der Waals surface area contributed by atoms with E-state index < -0.39 is 21.7 Å². The van der Waals surface area contributed by atoms with Crippen molar-refractivity contribution in [2.24, 2.45) is 5.92 Å². The summed E-state index contributed by atoms with van der Waals surface area (Å²) in [4.78, 5) is 24.1. The van der Waals surface area contributed by atoms with E-state index in [2.05, 4.69) is 24.7 Å². The number of nitrogens with one attached hydrogen (secondary N) is 2. The normalized spacial score (nSPS) is 11.1. The number of hydrazine groups is 1. The van der Waals surface area contributed by atoms with Crippen LogP contribution in [0.2, 0.25) is 0 Å². The lowest BCUT2D eigenvalue weighted by Gasteiger charge is -2.10. The van der Waals surface area contributed by atoms with Gasteiger partial charge in [0.1, 0.15) is 5.75 Å². The molecule has 0 heterocycles. The monoisotopic (exact) mass is 418 g/mol. The predicted octanol–water partition coefficient (Wildman–Crippen LogP) is 2.74. The van der Waals surface area contributed by atoms with Crippen LogP contribution in [0.15, 0.2) is 59.5 Å². The fourth-order valence-electron chi connectivity index (χ4n) is 2.35. The van der Waals surface area contributed by atoms with Gasteiger partial charge in [0, 0.05) is 12.0 Å². The zero-order chi connectivity index (χ0) is 21.3. The van der Waals surface area contributed by atoms with Crippen LogP contribution in [0, 0.1) is 5.92 Å². The van der Waals surface area contributed by atoms with Gasteiger partial charge in [0.05, 0.1) is 17.3 Å². The van der Waals surface area contributed by atoms with Crippen LogP contribution in [0.4, 0.5) is 0 Å². The Morgan fingerprint density at radius 3 is 2.24 bits per heavy atom. The van der Waals surface area contributed by atoms with Gasteiger partial charge in [-0.1, -0.05) is 32.0 Å². The summed E-state index contributed by atoms with van der Waals surface area (Å²) in [5.74, 6) is -0.227. The zero-order valence-electron chi connectivity index (χ0n) is 16.6. The molecule has 0 saturated carbocycles. The Balaban J connectivity index is 1.77. The first-order valence-corrected chi connectivity index (χ1v) is 11.0. The SMILES string of the molecule is CC(C)CCOc1ccc(C(=O)NNC(=O)CCS(=O)(=O)c2ccccc2)cc1. The first kappa shape index (κ1) is 22.4. The van der Waals surface area contributed by atoms with E-state index in [-0.39, 0.29) is 17.1 Å². The maximum absolute atomic E-state index is 12.2. The van der Waals surface area contributed by atoms with Crippen molar-refractivity contribution in [3.05, 3.63) is 60.2 Å². The standard InChI is InChI=1S/C21H26N2O5S/c1-16(2)12-14-28-18-10-8-17(9-11-18)21(25)23-22-20(24)13-15-29(26,27)19-6-4-3-5-7-19/h3-11,16H,12-15H2,1-2H3,(H,22,24)(H,23,25). The second-order valence-electron chi connectivity index (χ2n) is 6.94. The third-order valence-corrected chi connectivity index (χ3v) is 5.83. The van der Waals surface area contributed by atoms with Crippen molar-refractivity contribution in [2.45, 2.75) is 31.6 Å². The lowest BCUT2D eigenvalue weighted by Crippen LogP contribution is -2.42. The smallest absolute Gasteiger partial charge is 0.269 e. The van der Waals surface area contributed by atoms with E-state index in [1.165, 1.54) is 12.1 Å². The van der Waals surface area contributed by atoms with Gasteiger partial charge < -0.3 is 4.74 Å². The molecule has 29 heavy (non-hydrogen) atoms. The lowest BCUT2D eigenvalue weighted by molar-refractivity contribution is -0.121. The third kappa shape index (κ3) is 7.57. The summed E-state index contributed by atoms with van der Waals surface area (Å²) in [5, 5.41) is 0. The highest BCUT2D eigenvalue weighted by atomic mass is 32.2. The van der Waals surface area contributed by atoms with E-state index in [0.717, 1.165) is 6.42 Å². The molecule has 2 rings (SSSR count). The van der Waals surface area contributed by atoms with Crippen LogP contribution < -0.4 is 15.6 Å². The van der Waals surface area contributed by atoms with Crippen LogP contribution in [0.3, 0.4) is 0 Å². The first-order chi connectivity index (χ1) is 13.8. The molecule has 0 aliphatic carbocycles. The van der Waals surface area contributed by atoms with Gasteiger partial charge in [-0.25, -0.2) is 8.42 Å². The molecule has 8 heteroatoms. The molecule has 0 aliphatic heterocycles. The molecular formula is C21H26N2O5S. The number of carbonyl (C=O) groups excluding carboxylic acids is 2. The van der Waals surface area contributed by atoms with Crippen LogP contribution in [0.1, 0.15) is 37.0 Å². The van der Waals surface area contributed by atoms with Gasteiger partial charge in [-0.2, -0.15) is 0 Å². The molecule has 2 aromatic rings. The second-order valence-corrected chi connectivity index (χ2v) is 9.05. The van der Waals surface area contributed by atoms with Gasteiger partial charge in [-0.15, -0.1) is 0 Å². The molecule has 156 valence electrons. The summed E-state index contributed by atoms with van der Waals surface area (Å²) in [6.45, 7) is 4.83. The van der Waals surface area contributed by atoms with Crippen LogP contribution >= 0.6 is 0 Å². The minimum atomic E-state index is -3.55. The number of benzene rings is 2. The van der Waals surface area contributed by atoms with Crippen LogP contribution in [-0.4, -0.2) is 32.6 Å². The van der Waals surface area contributed by atoms with E-state index in [0.29, 0.717) is 23.8 Å². The van der Waals surface area contributed by atoms with Gasteiger partial charge in [0.2, 0.25) is 5.91 Å². The molecule has 0 saturated heterocycles. The minimum absolute atomic E-state index is 0.160. The molecule has 2 aromatic carbocycles. The first-order valence-electron chi connectivity index (χ1n) is 9.38. The molecule has 0 fully saturated rings. The second kappa shape index (κ2) is 10.6. The van der Waals surface area contributed by atoms with Crippen molar-refractivity contribution in [3.63, 3.8) is 0 Å². The summed E-state index contributed by atoms with van der Waals surface area (Å²) in [6.07, 6.45) is 0.675. The molecule has 0 aromatic heterocycles. The topological polar surface area (TPSA) is 102 Å². The Bertz CT molecular complexity index is 910. The molecule has 2 N–H and O–H groups in total. The number of hydrogen-bond acceptors (Lipinski definition) is 5. The lowest BCUT2D eigenvalue weighted by atomic mass is 10.1. The molecule has 0 aliphatic rings. The number of rotatable bonds is 9. The molecule has 0 unspecified atom stereocenters. The summed E-state index contributed by atoms with van der Waals surface area (Å²) in [6, 6.07) is 14.5. The minimum Gasteiger partial charge on any atom is -0.494 e. The van der Waals surface area contributed by atoms with Gasteiger partial charge in [0.15, 0.2) is 9.84 Å². The van der Waals surface area contributed by atoms with Crippen molar-refractivity contribution in [1.29, 1.82) is 0 Å². The molecule has 0 bridgehead atoms. The number of carbonyl (C=O) groups is 2. The molecule has 0 spiro atoms. The highest BCUT2D eigenvalue weighted by Gasteiger charge is 2.16. The summed E-state index contributed by atoms with van der Waals surface area (Å²) in [7, 11) is -3.55. The Labute approximate surface area is 171 Å². The van der Waals surface area contributed by atoms with Crippen LogP contribution in [-0.2, 0) is 14.6 Å². The van der Waals surface area contributed by atoms with Gasteiger partial charge in [0.25, 0.3) is 5.91 Å². The largest absolute Gasteiger partial charge is 0.494 e. The number of sulfone groups is 1. The van der Waals surface area contributed by atoms with E-state index in [4.69, 9.17) is 4.74 Å². The zero-order valence-corrected chi connectivity index (χ0v) is 17.4. The Kier molecular flexibility index (Phi) is 8.21. The molecule has 0 radical (unpaired) electrons. The highest BCUT2D eigenvalue weighted by Crippen LogP contribution is 2.13. The van der Waals surface area contributed by atoms with Gasteiger partial charge in [-0.3, -0.25) is 20.4 Å². The Morgan fingerprint density at radius 1 is 0.966 bits per heavy atom. The Morgan fingerprint density at radius 2 is 1.62 bits per heavy atom. The van der Waals surface area contributed by atoms with Crippen molar-refractivity contribution >= 4 is 21.7 Å². The molecule has 2 amide bonds. The number of amides is 2. The third-order valence-electron chi connectivity index (χ3n) is 4.10. The molecule has 7 nitrogen and oxygen atoms in total. The molecule has 0 atom stereocenters. The van der Waals surface area contributed by atoms with E-state index >= 15 is 0 Å². The fraction of sp³-hybridized carbons (Fsp3) is 0.333. The highest BCUT2D eigenvalue weighted by molar-refractivity contribution is 7.91. The predicted molar refractivity (Wildman–Crippen MR) is 110 cm³/mol. The Hall–Kier alpha value is -2.87. The van der Waals surface area contributed by atoms with Crippen molar-refractivity contribution in [3.8, 4) is 5.75 Å². The van der Waals surface area contributed by atoms with Crippen LogP contribution in [0.5, 0.6) is 5.75 Å². The van der Waals surface area contributed by atoms with Gasteiger partial charge >= 0.3 is 0 Å². The van der Waals surface area contributed by atoms with Crippen molar-refractivity contribution in [1.82, 2.24) is 10.9 Å². The fourth-order valence-corrected chi connectivity index (χ4v) is 3.61. The average molecular weight is 419 g/mol. The maximum atomic E-state index is 12.2. The van der Waals surface area contributed by atoms with Crippen LogP contribution in [0.25, 0.3) is 0 Å². The number of hydrogen-bond donors (Lipinski definition) is 2.